The summed E-state index contributed by atoms with van der Waals surface area (Å²) in [5.41, 5.74) is 1.35. The minimum atomic E-state index is -2.67. The van der Waals surface area contributed by atoms with Crippen molar-refractivity contribution in [3.63, 3.8) is 0 Å². The molecule has 2 aromatic rings. The van der Waals surface area contributed by atoms with Crippen molar-refractivity contribution in [3.05, 3.63) is 24.0 Å². The Bertz CT molecular complexity index is 734. The van der Waals surface area contributed by atoms with Crippen molar-refractivity contribution >= 4 is 22.8 Å². The summed E-state index contributed by atoms with van der Waals surface area (Å²) >= 11 is 0. The standard InChI is InChI=1S/C16H20F2N4O2/c1-9-3-2-6-22(13(9)8-23)16(24)19-10-4-5-11-12(7-10)21-15(20-11)14(17)18/h4-5,7,9,13-14,23H,2-3,6,8H2,1H3,(H,19,24)(H,20,21). The van der Waals surface area contributed by atoms with Gasteiger partial charge in [0.1, 0.15) is 0 Å². The highest BCUT2D eigenvalue weighted by molar-refractivity contribution is 5.92. The number of carbonyl (C=O) groups excluding carboxylic acids is 1. The first kappa shape index (κ1) is 16.6. The van der Waals surface area contributed by atoms with Gasteiger partial charge in [-0.25, -0.2) is 18.6 Å². The Kier molecular flexibility index (Phi) is 4.66. The van der Waals surface area contributed by atoms with Gasteiger partial charge in [-0.3, -0.25) is 0 Å². The van der Waals surface area contributed by atoms with Crippen LogP contribution in [-0.4, -0.2) is 45.2 Å². The fourth-order valence-corrected chi connectivity index (χ4v) is 3.19. The zero-order valence-corrected chi connectivity index (χ0v) is 13.3. The highest BCUT2D eigenvalue weighted by atomic mass is 19.3. The number of halogens is 2. The number of hydrogen-bond donors (Lipinski definition) is 3. The van der Waals surface area contributed by atoms with E-state index in [4.69, 9.17) is 0 Å². The van der Waals surface area contributed by atoms with Crippen LogP contribution in [0, 0.1) is 5.92 Å². The topological polar surface area (TPSA) is 81.2 Å². The molecule has 0 radical (unpaired) electrons. The fraction of sp³-hybridized carbons (Fsp3) is 0.500. The molecule has 0 saturated carbocycles. The molecule has 2 heterocycles. The summed E-state index contributed by atoms with van der Waals surface area (Å²) in [7, 11) is 0. The summed E-state index contributed by atoms with van der Waals surface area (Å²) in [4.78, 5) is 20.5. The molecular formula is C16H20F2N4O2. The van der Waals surface area contributed by atoms with Crippen molar-refractivity contribution in [2.24, 2.45) is 5.92 Å². The minimum Gasteiger partial charge on any atom is -0.394 e. The number of nitrogens with one attached hydrogen (secondary N) is 2. The molecule has 24 heavy (non-hydrogen) atoms. The van der Waals surface area contributed by atoms with Gasteiger partial charge in [0.15, 0.2) is 5.82 Å². The van der Waals surface area contributed by atoms with Crippen molar-refractivity contribution in [2.45, 2.75) is 32.2 Å². The highest BCUT2D eigenvalue weighted by Crippen LogP contribution is 2.25. The molecule has 0 bridgehead atoms. The Balaban J connectivity index is 1.77. The molecule has 1 fully saturated rings. The van der Waals surface area contributed by atoms with E-state index in [0.717, 1.165) is 12.8 Å². The number of likely N-dealkylation sites (tertiary alicyclic amines) is 1. The van der Waals surface area contributed by atoms with Gasteiger partial charge in [0.25, 0.3) is 6.43 Å². The number of anilines is 1. The number of benzene rings is 1. The lowest BCUT2D eigenvalue weighted by Crippen LogP contribution is -2.51. The molecular weight excluding hydrogens is 318 g/mol. The van der Waals surface area contributed by atoms with Crippen molar-refractivity contribution in [1.82, 2.24) is 14.9 Å². The molecule has 1 aliphatic heterocycles. The third-order valence-corrected chi connectivity index (χ3v) is 4.52. The van der Waals surface area contributed by atoms with Gasteiger partial charge < -0.3 is 20.3 Å². The van der Waals surface area contributed by atoms with E-state index in [1.54, 1.807) is 23.1 Å². The summed E-state index contributed by atoms with van der Waals surface area (Å²) < 4.78 is 25.4. The molecule has 1 saturated heterocycles. The van der Waals surface area contributed by atoms with Crippen LogP contribution in [0.5, 0.6) is 0 Å². The first-order valence-electron chi connectivity index (χ1n) is 7.96. The number of nitrogens with zero attached hydrogens (tertiary/aromatic N) is 2. The maximum atomic E-state index is 12.7. The highest BCUT2D eigenvalue weighted by Gasteiger charge is 2.31. The number of amides is 2. The van der Waals surface area contributed by atoms with Crippen LogP contribution in [0.1, 0.15) is 32.0 Å². The number of aliphatic hydroxyl groups excluding tert-OH is 1. The Labute approximate surface area is 137 Å². The molecule has 1 aromatic carbocycles. The monoisotopic (exact) mass is 338 g/mol. The lowest BCUT2D eigenvalue weighted by Gasteiger charge is -2.38. The summed E-state index contributed by atoms with van der Waals surface area (Å²) in [5, 5.41) is 12.3. The van der Waals surface area contributed by atoms with Crippen molar-refractivity contribution in [2.75, 3.05) is 18.5 Å². The molecule has 3 N–H and O–H groups in total. The Morgan fingerprint density at radius 2 is 2.33 bits per heavy atom. The SMILES string of the molecule is CC1CCCN(C(=O)Nc2ccc3nc(C(F)F)[nH]c3c2)C1CO. The third-order valence-electron chi connectivity index (χ3n) is 4.52. The van der Waals surface area contributed by atoms with E-state index in [-0.39, 0.29) is 24.6 Å². The van der Waals surface area contributed by atoms with E-state index in [9.17, 15) is 18.7 Å². The summed E-state index contributed by atoms with van der Waals surface area (Å²) in [6.45, 7) is 2.53. The number of imidazole rings is 1. The second-order valence-corrected chi connectivity index (χ2v) is 6.15. The molecule has 0 spiro atoms. The second-order valence-electron chi connectivity index (χ2n) is 6.15. The van der Waals surface area contributed by atoms with E-state index in [1.807, 2.05) is 6.92 Å². The van der Waals surface area contributed by atoms with Gasteiger partial charge in [0.05, 0.1) is 23.7 Å². The number of aromatic nitrogens is 2. The molecule has 8 heteroatoms. The predicted octanol–water partition coefficient (Wildman–Crippen LogP) is 3.13. The van der Waals surface area contributed by atoms with Gasteiger partial charge in [0, 0.05) is 12.2 Å². The van der Waals surface area contributed by atoms with Crippen LogP contribution in [0.15, 0.2) is 18.2 Å². The minimum absolute atomic E-state index is 0.0775. The summed E-state index contributed by atoms with van der Waals surface area (Å²) in [5.74, 6) is -0.156. The van der Waals surface area contributed by atoms with Gasteiger partial charge in [0.2, 0.25) is 0 Å². The van der Waals surface area contributed by atoms with Crippen LogP contribution in [0.25, 0.3) is 11.0 Å². The van der Waals surface area contributed by atoms with E-state index in [0.29, 0.717) is 23.3 Å². The van der Waals surface area contributed by atoms with Gasteiger partial charge in [-0.05, 0) is 37.0 Å². The van der Waals surface area contributed by atoms with Gasteiger partial charge >= 0.3 is 6.03 Å². The number of aromatic amines is 1. The maximum Gasteiger partial charge on any atom is 0.322 e. The number of aliphatic hydroxyl groups is 1. The van der Waals surface area contributed by atoms with Crippen LogP contribution in [0.4, 0.5) is 19.3 Å². The van der Waals surface area contributed by atoms with Crippen LogP contribution < -0.4 is 5.32 Å². The number of rotatable bonds is 3. The summed E-state index contributed by atoms with van der Waals surface area (Å²) in [6.07, 6.45) is -0.802. The van der Waals surface area contributed by atoms with Crippen molar-refractivity contribution in [3.8, 4) is 0 Å². The molecule has 1 aromatic heterocycles. The van der Waals surface area contributed by atoms with Crippen molar-refractivity contribution < 1.29 is 18.7 Å². The lowest BCUT2D eigenvalue weighted by molar-refractivity contribution is 0.0811. The zero-order valence-electron chi connectivity index (χ0n) is 13.3. The van der Waals surface area contributed by atoms with E-state index < -0.39 is 12.2 Å². The Morgan fingerprint density at radius 1 is 1.54 bits per heavy atom. The predicted molar refractivity (Wildman–Crippen MR) is 86.0 cm³/mol. The molecule has 2 atom stereocenters. The molecule has 2 amide bonds. The molecule has 3 rings (SSSR count). The first-order valence-corrected chi connectivity index (χ1v) is 7.96. The van der Waals surface area contributed by atoms with Crippen molar-refractivity contribution in [1.29, 1.82) is 0 Å². The van der Waals surface area contributed by atoms with Gasteiger partial charge in [-0.15, -0.1) is 0 Å². The number of H-pyrrole nitrogens is 1. The number of urea groups is 1. The van der Waals surface area contributed by atoms with E-state index in [2.05, 4.69) is 15.3 Å². The normalized spacial score (nSPS) is 21.5. The Morgan fingerprint density at radius 3 is 3.04 bits per heavy atom. The average molecular weight is 338 g/mol. The number of carbonyl (C=O) groups is 1. The molecule has 1 aliphatic rings. The zero-order chi connectivity index (χ0) is 17.3. The largest absolute Gasteiger partial charge is 0.394 e. The number of hydrogen-bond acceptors (Lipinski definition) is 3. The van der Waals surface area contributed by atoms with Crippen LogP contribution in [-0.2, 0) is 0 Å². The van der Waals surface area contributed by atoms with Gasteiger partial charge in [-0.1, -0.05) is 6.92 Å². The smallest absolute Gasteiger partial charge is 0.322 e. The molecule has 0 aliphatic carbocycles. The van der Waals surface area contributed by atoms with E-state index >= 15 is 0 Å². The molecule has 2 unspecified atom stereocenters. The maximum absolute atomic E-state index is 12.7. The molecule has 130 valence electrons. The number of alkyl halides is 2. The number of fused-ring (bicyclic) bond motifs is 1. The third kappa shape index (κ3) is 3.19. The van der Waals surface area contributed by atoms with Crippen LogP contribution in [0.2, 0.25) is 0 Å². The number of piperidine rings is 1. The first-order chi connectivity index (χ1) is 11.5. The van der Waals surface area contributed by atoms with Crippen LogP contribution in [0.3, 0.4) is 0 Å². The Hall–Kier alpha value is -2.22. The van der Waals surface area contributed by atoms with Crippen LogP contribution >= 0.6 is 0 Å². The quantitative estimate of drug-likeness (QED) is 0.804. The lowest BCUT2D eigenvalue weighted by atomic mass is 9.91. The molecule has 6 nitrogen and oxygen atoms in total. The second kappa shape index (κ2) is 6.72. The van der Waals surface area contributed by atoms with E-state index in [1.165, 1.54) is 0 Å². The summed E-state index contributed by atoms with van der Waals surface area (Å²) in [6, 6.07) is 4.27. The van der Waals surface area contributed by atoms with Gasteiger partial charge in [-0.2, -0.15) is 0 Å². The average Bonchev–Trinajstić information content (AvgIpc) is 2.98. The fourth-order valence-electron chi connectivity index (χ4n) is 3.19.